The minimum absolute atomic E-state index is 0.449. The van der Waals surface area contributed by atoms with Gasteiger partial charge in [-0.2, -0.15) is 0 Å². The molecule has 2 atom stereocenters. The van der Waals surface area contributed by atoms with Gasteiger partial charge in [-0.15, -0.1) is 0 Å². The maximum Gasteiger partial charge on any atom is 0.310 e. The molecule has 0 amide bonds. The van der Waals surface area contributed by atoms with Crippen LogP contribution in [-0.2, 0) is 4.79 Å². The summed E-state index contributed by atoms with van der Waals surface area (Å²) in [4.78, 5) is 13.9. The maximum absolute atomic E-state index is 11.6. The Kier molecular flexibility index (Phi) is 4.31. The highest BCUT2D eigenvalue weighted by atomic mass is 16.4. The number of hydrogen-bond acceptors (Lipinski definition) is 2. The molecule has 2 unspecified atom stereocenters. The smallest absolute Gasteiger partial charge is 0.310 e. The summed E-state index contributed by atoms with van der Waals surface area (Å²) in [5, 5.41) is 9.54. The van der Waals surface area contributed by atoms with Crippen LogP contribution in [0.4, 0.5) is 0 Å². The van der Waals surface area contributed by atoms with Crippen LogP contribution in [0.1, 0.15) is 58.3 Å². The lowest BCUT2D eigenvalue weighted by Crippen LogP contribution is -2.45. The first-order valence-corrected chi connectivity index (χ1v) is 7.47. The van der Waals surface area contributed by atoms with Gasteiger partial charge < -0.3 is 10.0 Å². The lowest BCUT2D eigenvalue weighted by molar-refractivity contribution is -0.150. The van der Waals surface area contributed by atoms with Crippen molar-refractivity contribution >= 4 is 5.97 Å². The van der Waals surface area contributed by atoms with Gasteiger partial charge in [0, 0.05) is 12.6 Å². The van der Waals surface area contributed by atoms with Crippen molar-refractivity contribution in [3.05, 3.63) is 0 Å². The van der Waals surface area contributed by atoms with E-state index in [0.29, 0.717) is 6.04 Å². The predicted octanol–water partition coefficient (Wildman–Crippen LogP) is 3.14. The fraction of sp³-hybridized carbons (Fsp3) is 0.933. The lowest BCUT2D eigenvalue weighted by atomic mass is 9.82. The topological polar surface area (TPSA) is 40.5 Å². The second-order valence-electron chi connectivity index (χ2n) is 6.63. The normalized spacial score (nSPS) is 31.7. The van der Waals surface area contributed by atoms with Crippen LogP contribution in [-0.4, -0.2) is 35.6 Å². The number of carboxylic acids is 1. The second-order valence-corrected chi connectivity index (χ2v) is 6.63. The van der Waals surface area contributed by atoms with Gasteiger partial charge in [-0.05, 0) is 38.6 Å². The number of carbonyl (C=O) groups is 1. The molecule has 18 heavy (non-hydrogen) atoms. The molecule has 0 aromatic rings. The molecule has 0 heterocycles. The molecule has 0 radical (unpaired) electrons. The van der Waals surface area contributed by atoms with E-state index in [9.17, 15) is 9.90 Å². The standard InChI is InChI=1S/C15H27NO2/c1-12-6-5-7-13(10-12)16(2)11-15(14(17)18)8-3-4-9-15/h12-13H,3-11H2,1-2H3,(H,17,18). The Labute approximate surface area is 111 Å². The Bertz CT molecular complexity index is 297. The van der Waals surface area contributed by atoms with Gasteiger partial charge in [0.15, 0.2) is 0 Å². The minimum atomic E-state index is -0.573. The molecule has 104 valence electrons. The summed E-state index contributed by atoms with van der Waals surface area (Å²) in [6.07, 6.45) is 9.04. The van der Waals surface area contributed by atoms with E-state index in [4.69, 9.17) is 0 Å². The van der Waals surface area contributed by atoms with E-state index < -0.39 is 11.4 Å². The first-order valence-electron chi connectivity index (χ1n) is 7.47. The zero-order chi connectivity index (χ0) is 13.2. The van der Waals surface area contributed by atoms with Crippen molar-refractivity contribution in [1.82, 2.24) is 4.90 Å². The van der Waals surface area contributed by atoms with Crippen molar-refractivity contribution < 1.29 is 9.90 Å². The molecule has 2 saturated carbocycles. The van der Waals surface area contributed by atoms with E-state index in [2.05, 4.69) is 18.9 Å². The largest absolute Gasteiger partial charge is 0.481 e. The summed E-state index contributed by atoms with van der Waals surface area (Å²) in [5.41, 5.74) is -0.449. The summed E-state index contributed by atoms with van der Waals surface area (Å²) < 4.78 is 0. The van der Waals surface area contributed by atoms with E-state index in [-0.39, 0.29) is 0 Å². The predicted molar refractivity (Wildman–Crippen MR) is 72.6 cm³/mol. The number of carboxylic acid groups (broad SMARTS) is 1. The summed E-state index contributed by atoms with van der Waals surface area (Å²) >= 11 is 0. The monoisotopic (exact) mass is 253 g/mol. The van der Waals surface area contributed by atoms with Gasteiger partial charge in [0.05, 0.1) is 5.41 Å². The Morgan fingerprint density at radius 3 is 2.50 bits per heavy atom. The molecule has 2 aliphatic carbocycles. The van der Waals surface area contributed by atoms with Crippen LogP contribution in [0.25, 0.3) is 0 Å². The van der Waals surface area contributed by atoms with Gasteiger partial charge in [-0.25, -0.2) is 0 Å². The average Bonchev–Trinajstić information content (AvgIpc) is 2.79. The zero-order valence-corrected chi connectivity index (χ0v) is 11.8. The summed E-state index contributed by atoms with van der Waals surface area (Å²) in [7, 11) is 2.13. The Hall–Kier alpha value is -0.570. The van der Waals surface area contributed by atoms with Crippen LogP contribution in [0, 0.1) is 11.3 Å². The molecule has 0 aromatic heterocycles. The molecule has 3 heteroatoms. The van der Waals surface area contributed by atoms with Crippen LogP contribution in [0.5, 0.6) is 0 Å². The summed E-state index contributed by atoms with van der Waals surface area (Å²) in [6.45, 7) is 3.07. The molecule has 0 spiro atoms. The highest BCUT2D eigenvalue weighted by Crippen LogP contribution is 2.40. The maximum atomic E-state index is 11.6. The van der Waals surface area contributed by atoms with Crippen LogP contribution in [0.15, 0.2) is 0 Å². The van der Waals surface area contributed by atoms with Gasteiger partial charge in [0.2, 0.25) is 0 Å². The third kappa shape index (κ3) is 2.87. The van der Waals surface area contributed by atoms with Crippen LogP contribution >= 0.6 is 0 Å². The highest BCUT2D eigenvalue weighted by molar-refractivity contribution is 5.75. The molecule has 0 saturated heterocycles. The first kappa shape index (κ1) is 13.9. The van der Waals surface area contributed by atoms with Gasteiger partial charge in [0.25, 0.3) is 0 Å². The molecule has 2 aliphatic rings. The van der Waals surface area contributed by atoms with Crippen LogP contribution in [0.3, 0.4) is 0 Å². The number of nitrogens with zero attached hydrogens (tertiary/aromatic N) is 1. The highest BCUT2D eigenvalue weighted by Gasteiger charge is 2.43. The quantitative estimate of drug-likeness (QED) is 0.836. The summed E-state index contributed by atoms with van der Waals surface area (Å²) in [6, 6.07) is 0.602. The lowest BCUT2D eigenvalue weighted by Gasteiger charge is -2.38. The summed E-state index contributed by atoms with van der Waals surface area (Å²) in [5.74, 6) is 0.228. The first-order chi connectivity index (χ1) is 8.53. The molecule has 3 nitrogen and oxygen atoms in total. The number of hydrogen-bond donors (Lipinski definition) is 1. The SMILES string of the molecule is CC1CCCC(N(C)CC2(C(=O)O)CCCC2)C1. The van der Waals surface area contributed by atoms with E-state index in [1.807, 2.05) is 0 Å². The van der Waals surface area contributed by atoms with Crippen molar-refractivity contribution in [2.24, 2.45) is 11.3 Å². The average molecular weight is 253 g/mol. The Morgan fingerprint density at radius 1 is 1.28 bits per heavy atom. The van der Waals surface area contributed by atoms with Crippen molar-refractivity contribution in [2.75, 3.05) is 13.6 Å². The second kappa shape index (κ2) is 5.60. The molecular weight excluding hydrogens is 226 g/mol. The third-order valence-electron chi connectivity index (χ3n) is 5.10. The van der Waals surface area contributed by atoms with Gasteiger partial charge >= 0.3 is 5.97 Å². The minimum Gasteiger partial charge on any atom is -0.481 e. The van der Waals surface area contributed by atoms with E-state index >= 15 is 0 Å². The van der Waals surface area contributed by atoms with E-state index in [1.54, 1.807) is 0 Å². The third-order valence-corrected chi connectivity index (χ3v) is 5.10. The molecule has 1 N–H and O–H groups in total. The molecule has 0 bridgehead atoms. The molecule has 0 aromatic carbocycles. The number of rotatable bonds is 4. The van der Waals surface area contributed by atoms with Crippen LogP contribution in [0.2, 0.25) is 0 Å². The fourth-order valence-electron chi connectivity index (χ4n) is 3.90. The van der Waals surface area contributed by atoms with E-state index in [1.165, 1.54) is 25.7 Å². The van der Waals surface area contributed by atoms with E-state index in [0.717, 1.165) is 38.1 Å². The Balaban J connectivity index is 1.96. The molecule has 0 aliphatic heterocycles. The van der Waals surface area contributed by atoms with Gasteiger partial charge in [0.1, 0.15) is 0 Å². The number of aliphatic carboxylic acids is 1. The Morgan fingerprint density at radius 2 is 1.94 bits per heavy atom. The van der Waals surface area contributed by atoms with Crippen LogP contribution < -0.4 is 0 Å². The van der Waals surface area contributed by atoms with Crippen molar-refractivity contribution in [3.8, 4) is 0 Å². The van der Waals surface area contributed by atoms with Crippen molar-refractivity contribution in [2.45, 2.75) is 64.3 Å². The fourth-order valence-corrected chi connectivity index (χ4v) is 3.90. The van der Waals surface area contributed by atoms with Gasteiger partial charge in [-0.1, -0.05) is 32.6 Å². The van der Waals surface area contributed by atoms with Gasteiger partial charge in [-0.3, -0.25) is 4.79 Å². The zero-order valence-electron chi connectivity index (χ0n) is 11.8. The molecular formula is C15H27NO2. The molecule has 2 rings (SSSR count). The van der Waals surface area contributed by atoms with Crippen molar-refractivity contribution in [1.29, 1.82) is 0 Å². The molecule has 2 fully saturated rings. The van der Waals surface area contributed by atoms with Crippen molar-refractivity contribution in [3.63, 3.8) is 0 Å².